The predicted molar refractivity (Wildman–Crippen MR) is 55.7 cm³/mol. The Kier molecular flexibility index (Phi) is 3.26. The highest BCUT2D eigenvalue weighted by molar-refractivity contribution is 5.58. The van der Waals surface area contributed by atoms with Gasteiger partial charge >= 0.3 is 0 Å². The fourth-order valence-corrected chi connectivity index (χ4v) is 1.16. The van der Waals surface area contributed by atoms with Crippen LogP contribution in [0.15, 0.2) is 12.3 Å². The molecular formula is C9H13N5. The van der Waals surface area contributed by atoms with Crippen molar-refractivity contribution in [2.75, 3.05) is 30.8 Å². The first-order chi connectivity index (χ1) is 6.69. The molecule has 0 saturated heterocycles. The van der Waals surface area contributed by atoms with Crippen LogP contribution in [-0.2, 0) is 0 Å². The van der Waals surface area contributed by atoms with Crippen LogP contribution in [0.3, 0.4) is 0 Å². The number of nitriles is 1. The monoisotopic (exact) mass is 191 g/mol. The molecule has 0 aromatic carbocycles. The summed E-state index contributed by atoms with van der Waals surface area (Å²) in [6.07, 6.45) is 1.53. The number of nitrogens with zero attached hydrogens (tertiary/aromatic N) is 3. The van der Waals surface area contributed by atoms with Gasteiger partial charge in [-0.25, -0.2) is 4.98 Å². The van der Waals surface area contributed by atoms with Crippen molar-refractivity contribution >= 4 is 11.5 Å². The number of aromatic nitrogens is 1. The molecule has 0 saturated carbocycles. The standard InChI is InChI=1S/C9H13N5/c1-14(3-2-10)9-7(5-11)4-8(12)6-13-9/h4,6H,2-3,10,12H2,1H3. The minimum absolute atomic E-state index is 0.473. The first kappa shape index (κ1) is 10.3. The fraction of sp³-hybridized carbons (Fsp3) is 0.333. The number of likely N-dealkylation sites (N-methyl/N-ethyl adjacent to an activating group) is 1. The van der Waals surface area contributed by atoms with Gasteiger partial charge < -0.3 is 16.4 Å². The lowest BCUT2D eigenvalue weighted by atomic mass is 10.2. The summed E-state index contributed by atoms with van der Waals surface area (Å²) in [5.41, 5.74) is 11.9. The Labute approximate surface area is 82.9 Å². The average Bonchev–Trinajstić information content (AvgIpc) is 2.17. The van der Waals surface area contributed by atoms with E-state index >= 15 is 0 Å². The van der Waals surface area contributed by atoms with Gasteiger partial charge in [-0.2, -0.15) is 5.26 Å². The maximum atomic E-state index is 8.86. The smallest absolute Gasteiger partial charge is 0.146 e. The topological polar surface area (TPSA) is 92.0 Å². The molecule has 0 unspecified atom stereocenters. The Morgan fingerprint density at radius 1 is 1.64 bits per heavy atom. The first-order valence-corrected chi connectivity index (χ1v) is 4.26. The highest BCUT2D eigenvalue weighted by atomic mass is 15.2. The number of rotatable bonds is 3. The van der Waals surface area contributed by atoms with E-state index in [1.165, 1.54) is 6.20 Å². The Balaban J connectivity index is 3.03. The number of hydrogen-bond acceptors (Lipinski definition) is 5. The maximum Gasteiger partial charge on any atom is 0.146 e. The molecule has 0 aliphatic rings. The van der Waals surface area contributed by atoms with Crippen LogP contribution in [0.5, 0.6) is 0 Å². The molecule has 0 aliphatic heterocycles. The molecule has 0 spiro atoms. The van der Waals surface area contributed by atoms with Crippen molar-refractivity contribution in [3.05, 3.63) is 17.8 Å². The third kappa shape index (κ3) is 2.12. The molecule has 1 rings (SSSR count). The first-order valence-electron chi connectivity index (χ1n) is 4.26. The normalized spacial score (nSPS) is 9.50. The molecule has 0 atom stereocenters. The Morgan fingerprint density at radius 3 is 2.93 bits per heavy atom. The third-order valence-electron chi connectivity index (χ3n) is 1.83. The van der Waals surface area contributed by atoms with Crippen molar-refractivity contribution in [3.8, 4) is 6.07 Å². The number of nitrogens with two attached hydrogens (primary N) is 2. The highest BCUT2D eigenvalue weighted by Gasteiger charge is 2.08. The van der Waals surface area contributed by atoms with Gasteiger partial charge in [0.1, 0.15) is 11.9 Å². The van der Waals surface area contributed by atoms with Crippen LogP contribution < -0.4 is 16.4 Å². The van der Waals surface area contributed by atoms with E-state index in [0.29, 0.717) is 30.2 Å². The van der Waals surface area contributed by atoms with E-state index in [0.717, 1.165) is 0 Å². The zero-order chi connectivity index (χ0) is 10.6. The number of nitrogen functional groups attached to an aromatic ring is 1. The van der Waals surface area contributed by atoms with E-state index < -0.39 is 0 Å². The van der Waals surface area contributed by atoms with Crippen molar-refractivity contribution in [2.45, 2.75) is 0 Å². The van der Waals surface area contributed by atoms with Crippen molar-refractivity contribution in [1.82, 2.24) is 4.98 Å². The number of hydrogen-bond donors (Lipinski definition) is 2. The second-order valence-electron chi connectivity index (χ2n) is 2.96. The Hall–Kier alpha value is -1.80. The zero-order valence-electron chi connectivity index (χ0n) is 8.07. The van der Waals surface area contributed by atoms with Gasteiger partial charge in [0.05, 0.1) is 17.4 Å². The summed E-state index contributed by atoms with van der Waals surface area (Å²) in [6, 6.07) is 3.66. The Bertz CT molecular complexity index is 355. The van der Waals surface area contributed by atoms with Crippen molar-refractivity contribution in [3.63, 3.8) is 0 Å². The summed E-state index contributed by atoms with van der Waals surface area (Å²) in [5.74, 6) is 0.618. The van der Waals surface area contributed by atoms with Gasteiger partial charge in [-0.05, 0) is 6.07 Å². The minimum Gasteiger partial charge on any atom is -0.397 e. The summed E-state index contributed by atoms with van der Waals surface area (Å²) >= 11 is 0. The molecule has 0 fully saturated rings. The molecule has 1 heterocycles. The van der Waals surface area contributed by atoms with E-state index in [1.54, 1.807) is 6.07 Å². The van der Waals surface area contributed by atoms with Gasteiger partial charge in [0.25, 0.3) is 0 Å². The summed E-state index contributed by atoms with van der Waals surface area (Å²) in [6.45, 7) is 1.18. The van der Waals surface area contributed by atoms with E-state index in [9.17, 15) is 0 Å². The predicted octanol–water partition coefficient (Wildman–Crippen LogP) is -0.0696. The lowest BCUT2D eigenvalue weighted by molar-refractivity contribution is 0.867. The van der Waals surface area contributed by atoms with Gasteiger partial charge in [0, 0.05) is 20.1 Å². The van der Waals surface area contributed by atoms with Crippen LogP contribution in [0.2, 0.25) is 0 Å². The van der Waals surface area contributed by atoms with Crippen molar-refractivity contribution in [2.24, 2.45) is 5.73 Å². The van der Waals surface area contributed by atoms with Crippen LogP contribution in [-0.4, -0.2) is 25.1 Å². The summed E-state index contributed by atoms with van der Waals surface area (Å²) in [7, 11) is 1.84. The molecule has 0 aliphatic carbocycles. The number of anilines is 2. The molecular weight excluding hydrogens is 178 g/mol. The van der Waals surface area contributed by atoms with Gasteiger partial charge in [-0.3, -0.25) is 0 Å². The second kappa shape index (κ2) is 4.44. The lowest BCUT2D eigenvalue weighted by Crippen LogP contribution is -2.26. The molecule has 0 amide bonds. The largest absolute Gasteiger partial charge is 0.397 e. The highest BCUT2D eigenvalue weighted by Crippen LogP contribution is 2.17. The summed E-state index contributed by atoms with van der Waals surface area (Å²) in [5, 5.41) is 8.86. The van der Waals surface area contributed by atoms with Gasteiger partial charge in [-0.1, -0.05) is 0 Å². The molecule has 5 heteroatoms. The molecule has 1 aromatic heterocycles. The van der Waals surface area contributed by atoms with Gasteiger partial charge in [0.2, 0.25) is 0 Å². The molecule has 5 nitrogen and oxygen atoms in total. The van der Waals surface area contributed by atoms with E-state index in [1.807, 2.05) is 11.9 Å². The van der Waals surface area contributed by atoms with Gasteiger partial charge in [-0.15, -0.1) is 0 Å². The van der Waals surface area contributed by atoms with Gasteiger partial charge in [0.15, 0.2) is 0 Å². The minimum atomic E-state index is 0.473. The molecule has 0 bridgehead atoms. The van der Waals surface area contributed by atoms with Crippen LogP contribution >= 0.6 is 0 Å². The van der Waals surface area contributed by atoms with Crippen molar-refractivity contribution < 1.29 is 0 Å². The SMILES string of the molecule is CN(CCN)c1ncc(N)cc1C#N. The quantitative estimate of drug-likeness (QED) is 0.697. The second-order valence-corrected chi connectivity index (χ2v) is 2.96. The maximum absolute atomic E-state index is 8.86. The molecule has 74 valence electrons. The molecule has 14 heavy (non-hydrogen) atoms. The van der Waals surface area contributed by atoms with E-state index in [4.69, 9.17) is 16.7 Å². The van der Waals surface area contributed by atoms with Crippen LogP contribution in [0.25, 0.3) is 0 Å². The molecule has 4 N–H and O–H groups in total. The van der Waals surface area contributed by atoms with E-state index in [-0.39, 0.29) is 0 Å². The molecule has 1 aromatic rings. The fourth-order valence-electron chi connectivity index (χ4n) is 1.16. The third-order valence-corrected chi connectivity index (χ3v) is 1.83. The summed E-state index contributed by atoms with van der Waals surface area (Å²) < 4.78 is 0. The van der Waals surface area contributed by atoms with Crippen LogP contribution in [0.1, 0.15) is 5.56 Å². The van der Waals surface area contributed by atoms with Crippen molar-refractivity contribution in [1.29, 1.82) is 5.26 Å². The van der Waals surface area contributed by atoms with Crippen LogP contribution in [0.4, 0.5) is 11.5 Å². The number of pyridine rings is 1. The average molecular weight is 191 g/mol. The lowest BCUT2D eigenvalue weighted by Gasteiger charge is -2.17. The zero-order valence-corrected chi connectivity index (χ0v) is 8.07. The summed E-state index contributed by atoms with van der Waals surface area (Å²) in [4.78, 5) is 5.92. The Morgan fingerprint density at radius 2 is 2.36 bits per heavy atom. The van der Waals surface area contributed by atoms with E-state index in [2.05, 4.69) is 11.1 Å². The molecule has 0 radical (unpaired) electrons. The van der Waals surface area contributed by atoms with Crippen LogP contribution in [0, 0.1) is 11.3 Å².